The number of nitrogens with one attached hydrogen (secondary N) is 1. The van der Waals surface area contributed by atoms with Gasteiger partial charge in [-0.25, -0.2) is 4.90 Å². The highest BCUT2D eigenvalue weighted by Crippen LogP contribution is 2.20. The Hall–Kier alpha value is -2.99. The Morgan fingerprint density at radius 3 is 1.73 bits per heavy atom. The zero-order valence-corrected chi connectivity index (χ0v) is 19.4. The molecule has 0 heterocycles. The fourth-order valence-electron chi connectivity index (χ4n) is 4.14. The summed E-state index contributed by atoms with van der Waals surface area (Å²) in [6.07, 6.45) is 0.808. The van der Waals surface area contributed by atoms with Gasteiger partial charge < -0.3 is 15.5 Å². The SMILES string of the molecule is CNC(=O)c1ccc(CC[C@H](C)N([C@H](O)Cc2ccccc2)[C@H](O)Cc2ccccc2)cc1. The summed E-state index contributed by atoms with van der Waals surface area (Å²) in [6, 6.07) is 27.2. The Kier molecular flexibility index (Phi) is 9.19. The molecule has 3 aromatic rings. The van der Waals surface area contributed by atoms with Crippen LogP contribution in [0.1, 0.15) is 40.4 Å². The van der Waals surface area contributed by atoms with E-state index in [0.29, 0.717) is 18.4 Å². The van der Waals surface area contributed by atoms with Crippen LogP contribution >= 0.6 is 0 Å². The van der Waals surface area contributed by atoms with E-state index >= 15 is 0 Å². The van der Waals surface area contributed by atoms with E-state index in [2.05, 4.69) is 5.32 Å². The van der Waals surface area contributed by atoms with Crippen LogP contribution in [0.4, 0.5) is 0 Å². The van der Waals surface area contributed by atoms with Gasteiger partial charge in [0.1, 0.15) is 12.5 Å². The first-order valence-electron chi connectivity index (χ1n) is 11.5. The van der Waals surface area contributed by atoms with Crippen LogP contribution in [0, 0.1) is 0 Å². The van der Waals surface area contributed by atoms with E-state index in [1.54, 1.807) is 7.05 Å². The molecule has 0 radical (unpaired) electrons. The minimum Gasteiger partial charge on any atom is -0.378 e. The molecule has 0 unspecified atom stereocenters. The minimum absolute atomic E-state index is 0.0546. The molecule has 3 atom stereocenters. The number of aliphatic hydroxyl groups is 2. The highest BCUT2D eigenvalue weighted by molar-refractivity contribution is 5.93. The highest BCUT2D eigenvalue weighted by Gasteiger charge is 2.28. The maximum absolute atomic E-state index is 11.8. The standard InChI is InChI=1S/C28H34N2O3/c1-21(13-14-22-15-17-25(18-16-22)28(33)29-2)30(26(31)19-23-9-5-3-6-10-23)27(32)20-24-11-7-4-8-12-24/h3-12,15-18,21,26-27,31-32H,13-14,19-20H2,1-2H3,(H,29,33)/t21-,26+,27+/m0/s1. The average molecular weight is 447 g/mol. The lowest BCUT2D eigenvalue weighted by Crippen LogP contribution is -2.50. The lowest BCUT2D eigenvalue weighted by atomic mass is 10.0. The maximum Gasteiger partial charge on any atom is 0.251 e. The Morgan fingerprint density at radius 1 is 0.788 bits per heavy atom. The zero-order chi connectivity index (χ0) is 23.6. The van der Waals surface area contributed by atoms with E-state index in [9.17, 15) is 15.0 Å². The predicted molar refractivity (Wildman–Crippen MR) is 132 cm³/mol. The lowest BCUT2D eigenvalue weighted by Gasteiger charge is -2.37. The van der Waals surface area contributed by atoms with Gasteiger partial charge in [0.05, 0.1) is 0 Å². The largest absolute Gasteiger partial charge is 0.378 e. The van der Waals surface area contributed by atoms with Gasteiger partial charge >= 0.3 is 0 Å². The van der Waals surface area contributed by atoms with Crippen molar-refractivity contribution in [3.05, 3.63) is 107 Å². The number of rotatable bonds is 11. The number of carbonyl (C=O) groups excluding carboxylic acids is 1. The first-order valence-corrected chi connectivity index (χ1v) is 11.5. The molecular formula is C28H34N2O3. The van der Waals surface area contributed by atoms with E-state index < -0.39 is 12.5 Å². The molecule has 0 bridgehead atoms. The first-order chi connectivity index (χ1) is 16.0. The highest BCUT2D eigenvalue weighted by atomic mass is 16.3. The molecule has 0 aliphatic rings. The van der Waals surface area contributed by atoms with E-state index in [0.717, 1.165) is 29.5 Å². The van der Waals surface area contributed by atoms with E-state index in [1.807, 2.05) is 96.8 Å². The number of nitrogens with zero attached hydrogens (tertiary/aromatic N) is 1. The number of carbonyl (C=O) groups is 1. The van der Waals surface area contributed by atoms with E-state index in [-0.39, 0.29) is 11.9 Å². The van der Waals surface area contributed by atoms with Crippen molar-refractivity contribution >= 4 is 5.91 Å². The van der Waals surface area contributed by atoms with Crippen LogP contribution in [-0.4, -0.2) is 46.6 Å². The summed E-state index contributed by atoms with van der Waals surface area (Å²) in [6.45, 7) is 2.04. The van der Waals surface area contributed by atoms with Gasteiger partial charge in [0, 0.05) is 31.5 Å². The topological polar surface area (TPSA) is 72.8 Å². The molecule has 0 fully saturated rings. The van der Waals surface area contributed by atoms with Crippen LogP contribution in [0.15, 0.2) is 84.9 Å². The first kappa shape index (κ1) is 24.6. The molecule has 0 saturated heterocycles. The van der Waals surface area contributed by atoms with Crippen molar-refractivity contribution in [1.29, 1.82) is 0 Å². The molecule has 3 aromatic carbocycles. The molecule has 0 aromatic heterocycles. The number of amides is 1. The molecule has 0 aliphatic carbocycles. The summed E-state index contributed by atoms with van der Waals surface area (Å²) in [5.41, 5.74) is 3.80. The molecule has 33 heavy (non-hydrogen) atoms. The van der Waals surface area contributed by atoms with Crippen LogP contribution in [-0.2, 0) is 19.3 Å². The zero-order valence-electron chi connectivity index (χ0n) is 19.4. The van der Waals surface area contributed by atoms with E-state index in [1.165, 1.54) is 0 Å². The minimum atomic E-state index is -0.809. The summed E-state index contributed by atoms with van der Waals surface area (Å²) < 4.78 is 0. The van der Waals surface area contributed by atoms with Crippen LogP contribution in [0.2, 0.25) is 0 Å². The second-order valence-corrected chi connectivity index (χ2v) is 8.45. The van der Waals surface area contributed by atoms with Crippen molar-refractivity contribution < 1.29 is 15.0 Å². The number of benzene rings is 3. The molecule has 0 spiro atoms. The second-order valence-electron chi connectivity index (χ2n) is 8.45. The van der Waals surface area contributed by atoms with Crippen molar-refractivity contribution in [1.82, 2.24) is 10.2 Å². The number of aryl methyl sites for hydroxylation is 1. The summed E-state index contributed by atoms with van der Waals surface area (Å²) in [7, 11) is 1.62. The maximum atomic E-state index is 11.8. The Balaban J connectivity index is 1.70. The summed E-state index contributed by atoms with van der Waals surface area (Å²) >= 11 is 0. The summed E-state index contributed by atoms with van der Waals surface area (Å²) in [4.78, 5) is 13.6. The third kappa shape index (κ3) is 7.26. The van der Waals surface area contributed by atoms with Gasteiger partial charge in [-0.3, -0.25) is 4.79 Å². The quantitative estimate of drug-likeness (QED) is 0.392. The van der Waals surface area contributed by atoms with Gasteiger partial charge in [-0.05, 0) is 48.6 Å². The predicted octanol–water partition coefficient (Wildman–Crippen LogP) is 3.79. The average Bonchev–Trinajstić information content (AvgIpc) is 2.84. The molecule has 3 N–H and O–H groups in total. The molecule has 174 valence electrons. The second kappa shape index (κ2) is 12.3. The molecular weight excluding hydrogens is 412 g/mol. The van der Waals surface area contributed by atoms with Crippen molar-refractivity contribution in [3.8, 4) is 0 Å². The Bertz CT molecular complexity index is 930. The molecule has 3 rings (SSSR count). The summed E-state index contributed by atoms with van der Waals surface area (Å²) in [5.74, 6) is -0.103. The molecule has 1 amide bonds. The fourth-order valence-corrected chi connectivity index (χ4v) is 4.14. The number of hydrogen-bond donors (Lipinski definition) is 3. The van der Waals surface area contributed by atoms with Gasteiger partial charge in [-0.1, -0.05) is 72.8 Å². The van der Waals surface area contributed by atoms with E-state index in [4.69, 9.17) is 0 Å². The Labute approximate surface area is 196 Å². The molecule has 5 nitrogen and oxygen atoms in total. The van der Waals surface area contributed by atoms with Gasteiger partial charge in [0.2, 0.25) is 0 Å². The molecule has 0 aliphatic heterocycles. The van der Waals surface area contributed by atoms with Crippen LogP contribution in [0.25, 0.3) is 0 Å². The summed E-state index contributed by atoms with van der Waals surface area (Å²) in [5, 5.41) is 24.9. The van der Waals surface area contributed by atoms with Crippen LogP contribution in [0.3, 0.4) is 0 Å². The van der Waals surface area contributed by atoms with Crippen molar-refractivity contribution in [2.24, 2.45) is 0 Å². The normalized spacial score (nSPS) is 14.0. The third-order valence-corrected chi connectivity index (χ3v) is 6.01. The van der Waals surface area contributed by atoms with Gasteiger partial charge in [-0.15, -0.1) is 0 Å². The smallest absolute Gasteiger partial charge is 0.251 e. The molecule has 0 saturated carbocycles. The molecule has 5 heteroatoms. The van der Waals surface area contributed by atoms with Crippen molar-refractivity contribution in [2.45, 2.75) is 51.1 Å². The van der Waals surface area contributed by atoms with Crippen LogP contribution in [0.5, 0.6) is 0 Å². The lowest BCUT2D eigenvalue weighted by molar-refractivity contribution is -0.122. The fraction of sp³-hybridized carbons (Fsp3) is 0.321. The van der Waals surface area contributed by atoms with Crippen molar-refractivity contribution in [2.75, 3.05) is 7.05 Å². The monoisotopic (exact) mass is 446 g/mol. The van der Waals surface area contributed by atoms with Gasteiger partial charge in [-0.2, -0.15) is 0 Å². The van der Waals surface area contributed by atoms with Gasteiger partial charge in [0.15, 0.2) is 0 Å². The Morgan fingerprint density at radius 2 is 1.27 bits per heavy atom. The van der Waals surface area contributed by atoms with Crippen LogP contribution < -0.4 is 5.32 Å². The number of hydrogen-bond acceptors (Lipinski definition) is 4. The third-order valence-electron chi connectivity index (χ3n) is 6.01. The van der Waals surface area contributed by atoms with Crippen molar-refractivity contribution in [3.63, 3.8) is 0 Å². The number of aliphatic hydroxyl groups excluding tert-OH is 2. The van der Waals surface area contributed by atoms with Gasteiger partial charge in [0.25, 0.3) is 5.91 Å².